The van der Waals surface area contributed by atoms with E-state index in [0.29, 0.717) is 35.4 Å². The van der Waals surface area contributed by atoms with Crippen LogP contribution in [0.15, 0.2) is 120 Å². The summed E-state index contributed by atoms with van der Waals surface area (Å²) in [5, 5.41) is 12.2. The van der Waals surface area contributed by atoms with Crippen LogP contribution in [0.25, 0.3) is 6.08 Å². The second-order valence-electron chi connectivity index (χ2n) is 17.2. The quantitative estimate of drug-likeness (QED) is 0.0665. The van der Waals surface area contributed by atoms with E-state index in [1.165, 1.54) is 0 Å². The molecule has 2 heterocycles. The van der Waals surface area contributed by atoms with Gasteiger partial charge in [0.25, 0.3) is 8.32 Å². The molecule has 0 saturated carbocycles. The third-order valence-corrected chi connectivity index (χ3v) is 17.3. The predicted octanol–water partition coefficient (Wildman–Crippen LogP) is 10.5. The number of phenols is 1. The van der Waals surface area contributed by atoms with Crippen LogP contribution in [-0.4, -0.2) is 44.6 Å². The number of aromatic hydroxyl groups is 1. The molecule has 0 radical (unpaired) electrons. The number of rotatable bonds is 12. The van der Waals surface area contributed by atoms with E-state index in [0.717, 1.165) is 39.9 Å². The van der Waals surface area contributed by atoms with Crippen LogP contribution in [0.4, 0.5) is 32.0 Å². The molecule has 4 aromatic rings. The van der Waals surface area contributed by atoms with E-state index in [1.54, 1.807) is 12.1 Å². The summed E-state index contributed by atoms with van der Waals surface area (Å²) in [7, 11) is -3.16. The van der Waals surface area contributed by atoms with Crippen molar-refractivity contribution in [3.8, 4) is 5.75 Å². The summed E-state index contributed by atoms with van der Waals surface area (Å²) in [4.78, 5) is 29.4. The van der Waals surface area contributed by atoms with Crippen LogP contribution in [0.3, 0.4) is 0 Å². The Kier molecular flexibility index (Phi) is 12.3. The molecule has 2 amide bonds. The lowest BCUT2D eigenvalue weighted by atomic mass is 9.69. The van der Waals surface area contributed by atoms with Gasteiger partial charge >= 0.3 is 12.4 Å². The number of nitrogens with zero attached hydrogens (tertiary/aromatic N) is 1. The van der Waals surface area contributed by atoms with Crippen LogP contribution in [-0.2, 0) is 31.1 Å². The second-order valence-corrected chi connectivity index (χ2v) is 21.5. The fourth-order valence-corrected chi connectivity index (χ4v) is 14.2. The average molecular weight is 862 g/mol. The zero-order valence-electron chi connectivity index (χ0n) is 34.4. The Hall–Kier alpha value is -4.98. The molecule has 0 aromatic heterocycles. The van der Waals surface area contributed by atoms with Crippen molar-refractivity contribution in [2.75, 3.05) is 18.1 Å². The first-order valence-corrected chi connectivity index (χ1v) is 22.5. The number of ether oxygens (including phenoxy) is 1. The molecular weight excluding hydrogens is 813 g/mol. The smallest absolute Gasteiger partial charge is 0.416 e. The number of benzene rings is 4. The summed E-state index contributed by atoms with van der Waals surface area (Å²) >= 11 is 0. The van der Waals surface area contributed by atoms with Gasteiger partial charge in [0.2, 0.25) is 11.8 Å². The van der Waals surface area contributed by atoms with Crippen molar-refractivity contribution in [2.24, 2.45) is 17.8 Å². The predicted molar refractivity (Wildman–Crippen MR) is 225 cm³/mol. The molecule has 2 fully saturated rings. The molecule has 6 nitrogen and oxygen atoms in total. The first-order valence-electron chi connectivity index (χ1n) is 20.6. The second kappa shape index (κ2) is 17.1. The summed E-state index contributed by atoms with van der Waals surface area (Å²) in [6.07, 6.45) is -6.25. The van der Waals surface area contributed by atoms with E-state index in [1.807, 2.05) is 54.6 Å². The monoisotopic (exact) mass is 861 g/mol. The maximum absolute atomic E-state index is 14.4. The number of hydrogen-bond donors (Lipinski definition) is 1. The lowest BCUT2D eigenvalue weighted by Gasteiger charge is -2.44. The Labute approximate surface area is 353 Å². The SMILES string of the molecule is CCC/C(=C\c1ccccc1O)CC[C@H]1OC[C@H]2C1=C(CO[Si](c1ccccc1)(c1ccccc1)C(C)(C)C)C[C@H]1C(=O)N(c3cc(C(F)(F)F)cc(C(F)(F)F)c3)C(=O)[C@H]12. The van der Waals surface area contributed by atoms with Crippen LogP contribution in [0.2, 0.25) is 5.04 Å². The third kappa shape index (κ3) is 8.61. The van der Waals surface area contributed by atoms with Crippen molar-refractivity contribution < 1.29 is 50.2 Å². The summed E-state index contributed by atoms with van der Waals surface area (Å²) < 4.78 is 97.9. The average Bonchev–Trinajstić information content (AvgIpc) is 3.75. The van der Waals surface area contributed by atoms with Crippen LogP contribution < -0.4 is 15.3 Å². The molecule has 7 rings (SSSR count). The number of carbonyl (C=O) groups excluding carboxylic acids is 2. The Morgan fingerprint density at radius 2 is 1.38 bits per heavy atom. The molecule has 4 atom stereocenters. The fraction of sp³-hybridized carbons (Fsp3) is 0.375. The van der Waals surface area contributed by atoms with E-state index >= 15 is 0 Å². The normalized spacial score (nSPS) is 21.3. The highest BCUT2D eigenvalue weighted by Crippen LogP contribution is 2.52. The molecule has 13 heteroatoms. The number of fused-ring (bicyclic) bond motifs is 3. The minimum atomic E-state index is -5.17. The molecule has 4 aromatic carbocycles. The van der Waals surface area contributed by atoms with Gasteiger partial charge in [-0.05, 0) is 76.5 Å². The molecule has 0 bridgehead atoms. The van der Waals surface area contributed by atoms with Gasteiger partial charge in [0.05, 0.1) is 48.0 Å². The van der Waals surface area contributed by atoms with Gasteiger partial charge in [-0.25, -0.2) is 4.90 Å². The number of carbonyl (C=O) groups is 2. The highest BCUT2D eigenvalue weighted by molar-refractivity contribution is 6.99. The number of allylic oxidation sites excluding steroid dienone is 1. The number of halogens is 6. The molecule has 2 saturated heterocycles. The molecule has 1 aliphatic carbocycles. The van der Waals surface area contributed by atoms with Crippen LogP contribution in [0, 0.1) is 17.8 Å². The summed E-state index contributed by atoms with van der Waals surface area (Å²) in [6, 6.07) is 27.8. The standard InChI is InChI=1S/C48H49F6NO5Si/c1-5-14-30(23-31-15-12-13-20-40(31)56)21-22-41-42-32(28-60-61(46(2,3)4,36-16-8-6-9-17-36)37-18-10-7-11-19-37)24-38-43(39(42)29-59-41)45(58)55(44(38)57)35-26-33(47(49,50)51)25-34(27-35)48(52,53)54/h6-13,15-20,23,25-27,38-39,41,43,56H,5,14,21-22,24,28-29H2,1-4H3/b30-23+/t38-,39+,41-,43-/m1/s1. The minimum Gasteiger partial charge on any atom is -0.507 e. The van der Waals surface area contributed by atoms with Crippen LogP contribution >= 0.6 is 0 Å². The maximum atomic E-state index is 14.4. The number of para-hydroxylation sites is 1. The molecule has 0 unspecified atom stereocenters. The van der Waals surface area contributed by atoms with Crippen molar-refractivity contribution in [1.82, 2.24) is 0 Å². The van der Waals surface area contributed by atoms with Gasteiger partial charge in [-0.15, -0.1) is 0 Å². The van der Waals surface area contributed by atoms with E-state index in [9.17, 15) is 41.0 Å². The zero-order valence-corrected chi connectivity index (χ0v) is 35.4. The molecule has 2 aliphatic heterocycles. The van der Waals surface area contributed by atoms with Crippen molar-refractivity contribution in [3.05, 3.63) is 137 Å². The number of amides is 2. The molecular formula is C48H49F6NO5Si. The van der Waals surface area contributed by atoms with Crippen LogP contribution in [0.1, 0.15) is 76.5 Å². The van der Waals surface area contributed by atoms with Gasteiger partial charge in [-0.2, -0.15) is 26.3 Å². The molecule has 1 N–H and O–H groups in total. The van der Waals surface area contributed by atoms with Gasteiger partial charge in [-0.3, -0.25) is 9.59 Å². The van der Waals surface area contributed by atoms with E-state index in [2.05, 4.69) is 52.0 Å². The van der Waals surface area contributed by atoms with Gasteiger partial charge in [0.1, 0.15) is 5.75 Å². The van der Waals surface area contributed by atoms with Gasteiger partial charge < -0.3 is 14.3 Å². The third-order valence-electron chi connectivity index (χ3n) is 12.3. The molecule has 0 spiro atoms. The van der Waals surface area contributed by atoms with Crippen molar-refractivity contribution in [2.45, 2.75) is 83.3 Å². The minimum absolute atomic E-state index is 0.0102. The first kappa shape index (κ1) is 44.1. The van der Waals surface area contributed by atoms with E-state index < -0.39 is 78.2 Å². The van der Waals surface area contributed by atoms with Crippen molar-refractivity contribution >= 4 is 42.3 Å². The van der Waals surface area contributed by atoms with Gasteiger partial charge in [0, 0.05) is 11.5 Å². The topological polar surface area (TPSA) is 76.1 Å². The Morgan fingerprint density at radius 3 is 1.92 bits per heavy atom. The zero-order chi connectivity index (χ0) is 43.9. The Balaban J connectivity index is 1.31. The van der Waals surface area contributed by atoms with Gasteiger partial charge in [-0.1, -0.05) is 125 Å². The Morgan fingerprint density at radius 1 is 0.803 bits per heavy atom. The highest BCUT2D eigenvalue weighted by Gasteiger charge is 2.58. The fourth-order valence-electron chi connectivity index (χ4n) is 9.62. The number of phenolic OH excluding ortho intramolecular Hbond substituents is 1. The van der Waals surface area contributed by atoms with Gasteiger partial charge in [0.15, 0.2) is 0 Å². The summed E-state index contributed by atoms with van der Waals surface area (Å²) in [5.74, 6) is -4.38. The number of alkyl halides is 6. The lowest BCUT2D eigenvalue weighted by Crippen LogP contribution is -2.66. The molecule has 322 valence electrons. The summed E-state index contributed by atoms with van der Waals surface area (Å²) in [5.41, 5.74) is -0.725. The number of hydrogen-bond acceptors (Lipinski definition) is 5. The van der Waals surface area contributed by atoms with Crippen molar-refractivity contribution in [3.63, 3.8) is 0 Å². The number of anilines is 1. The molecule has 61 heavy (non-hydrogen) atoms. The largest absolute Gasteiger partial charge is 0.507 e. The van der Waals surface area contributed by atoms with Crippen molar-refractivity contribution in [1.29, 1.82) is 0 Å². The number of imide groups is 1. The lowest BCUT2D eigenvalue weighted by molar-refractivity contribution is -0.143. The van der Waals surface area contributed by atoms with E-state index in [4.69, 9.17) is 9.16 Å². The molecule has 3 aliphatic rings. The maximum Gasteiger partial charge on any atom is 0.416 e. The highest BCUT2D eigenvalue weighted by atomic mass is 28.4. The summed E-state index contributed by atoms with van der Waals surface area (Å²) in [6.45, 7) is 8.53. The van der Waals surface area contributed by atoms with E-state index in [-0.39, 0.29) is 31.5 Å². The van der Waals surface area contributed by atoms with Crippen LogP contribution in [0.5, 0.6) is 5.75 Å². The first-order chi connectivity index (χ1) is 28.8. The Bertz CT molecular complexity index is 2250.